The Labute approximate surface area is 137 Å². The van der Waals surface area contributed by atoms with Crippen LogP contribution in [0, 0.1) is 5.92 Å². The molecule has 0 fully saturated rings. The first-order valence-electron chi connectivity index (χ1n) is 6.84. The van der Waals surface area contributed by atoms with Crippen LogP contribution in [0.25, 0.3) is 0 Å². The Morgan fingerprint density at radius 1 is 1.33 bits per heavy atom. The van der Waals surface area contributed by atoms with Gasteiger partial charge >= 0.3 is 0 Å². The summed E-state index contributed by atoms with van der Waals surface area (Å²) in [5.74, 6) is 0.864. The molecule has 1 amide bonds. The smallest absolute Gasteiger partial charge is 0.237 e. The quantitative estimate of drug-likeness (QED) is 0.805. The number of nitrogens with two attached hydrogens (primary N) is 1. The minimum atomic E-state index is -0.470. The molecular weight excluding hydrogens is 311 g/mol. The maximum Gasteiger partial charge on any atom is 0.237 e. The minimum Gasteiger partial charge on any atom is -0.487 e. The Hall–Kier alpha value is -0.970. The molecule has 4 nitrogen and oxygen atoms in total. The summed E-state index contributed by atoms with van der Waals surface area (Å²) in [6.45, 7) is 6.35. The standard InChI is InChI=1S/C15H23ClN2O2.ClH/c1-10(2)8-13(17)15(19)18-9-11(3)20-14-7-5-4-6-12(14)16;/h4-7,10-11,13H,8-9,17H2,1-3H3,(H,18,19);1H/t11?,13-;/m0./s1. The minimum absolute atomic E-state index is 0. The average molecular weight is 335 g/mol. The van der Waals surface area contributed by atoms with E-state index in [-0.39, 0.29) is 24.4 Å². The topological polar surface area (TPSA) is 64.4 Å². The van der Waals surface area contributed by atoms with Gasteiger partial charge in [-0.3, -0.25) is 4.79 Å². The van der Waals surface area contributed by atoms with Gasteiger partial charge in [-0.05, 0) is 31.4 Å². The van der Waals surface area contributed by atoms with Gasteiger partial charge in [0.05, 0.1) is 17.6 Å². The van der Waals surface area contributed by atoms with Crippen molar-refractivity contribution >= 4 is 29.9 Å². The summed E-state index contributed by atoms with van der Waals surface area (Å²) in [6.07, 6.45) is 0.496. The van der Waals surface area contributed by atoms with Gasteiger partial charge in [-0.1, -0.05) is 37.6 Å². The van der Waals surface area contributed by atoms with Gasteiger partial charge in [0.15, 0.2) is 0 Å². The number of halogens is 2. The number of hydrogen-bond donors (Lipinski definition) is 2. The lowest BCUT2D eigenvalue weighted by Crippen LogP contribution is -2.44. The van der Waals surface area contributed by atoms with Gasteiger partial charge in [-0.15, -0.1) is 12.4 Å². The molecule has 21 heavy (non-hydrogen) atoms. The Morgan fingerprint density at radius 2 is 1.95 bits per heavy atom. The maximum absolute atomic E-state index is 11.8. The molecule has 3 N–H and O–H groups in total. The largest absolute Gasteiger partial charge is 0.487 e. The number of nitrogens with one attached hydrogen (secondary N) is 1. The van der Waals surface area contributed by atoms with Crippen LogP contribution in [0.5, 0.6) is 5.75 Å². The second-order valence-electron chi connectivity index (χ2n) is 5.34. The van der Waals surface area contributed by atoms with E-state index in [0.29, 0.717) is 29.7 Å². The Kier molecular flexibility index (Phi) is 9.42. The highest BCUT2D eigenvalue weighted by atomic mass is 35.5. The van der Waals surface area contributed by atoms with Crippen LogP contribution in [0.4, 0.5) is 0 Å². The zero-order valence-electron chi connectivity index (χ0n) is 12.6. The lowest BCUT2D eigenvalue weighted by atomic mass is 10.0. The van der Waals surface area contributed by atoms with Crippen molar-refractivity contribution in [2.75, 3.05) is 6.54 Å². The molecule has 0 bridgehead atoms. The number of rotatable bonds is 7. The van der Waals surface area contributed by atoms with E-state index in [1.54, 1.807) is 12.1 Å². The van der Waals surface area contributed by atoms with E-state index in [1.807, 2.05) is 32.9 Å². The third-order valence-electron chi connectivity index (χ3n) is 2.79. The summed E-state index contributed by atoms with van der Waals surface area (Å²) in [7, 11) is 0. The van der Waals surface area contributed by atoms with Crippen LogP contribution in [0.1, 0.15) is 27.2 Å². The highest BCUT2D eigenvalue weighted by Gasteiger charge is 2.16. The zero-order valence-corrected chi connectivity index (χ0v) is 14.2. The lowest BCUT2D eigenvalue weighted by Gasteiger charge is -2.18. The van der Waals surface area contributed by atoms with E-state index in [9.17, 15) is 4.79 Å². The number of ether oxygens (including phenoxy) is 1. The van der Waals surface area contributed by atoms with Crippen molar-refractivity contribution in [2.24, 2.45) is 11.7 Å². The number of amides is 1. The van der Waals surface area contributed by atoms with E-state index in [4.69, 9.17) is 22.1 Å². The molecule has 120 valence electrons. The number of benzene rings is 1. The summed E-state index contributed by atoms with van der Waals surface area (Å²) in [5, 5.41) is 3.35. The first-order valence-corrected chi connectivity index (χ1v) is 7.22. The van der Waals surface area contributed by atoms with Gasteiger partial charge in [0.1, 0.15) is 11.9 Å². The summed E-state index contributed by atoms with van der Waals surface area (Å²) >= 11 is 6.01. The number of carbonyl (C=O) groups is 1. The highest BCUT2D eigenvalue weighted by molar-refractivity contribution is 6.32. The maximum atomic E-state index is 11.8. The molecule has 6 heteroatoms. The Balaban J connectivity index is 0.00000400. The third kappa shape index (κ3) is 7.55. The molecule has 1 unspecified atom stereocenters. The molecule has 0 aromatic heterocycles. The van der Waals surface area contributed by atoms with E-state index in [2.05, 4.69) is 5.32 Å². The summed E-state index contributed by atoms with van der Waals surface area (Å²) < 4.78 is 5.67. The molecule has 0 aliphatic carbocycles. The fourth-order valence-electron chi connectivity index (χ4n) is 1.79. The van der Waals surface area contributed by atoms with E-state index < -0.39 is 6.04 Å². The lowest BCUT2D eigenvalue weighted by molar-refractivity contribution is -0.123. The van der Waals surface area contributed by atoms with E-state index in [0.717, 1.165) is 0 Å². The van der Waals surface area contributed by atoms with Crippen LogP contribution >= 0.6 is 24.0 Å². The molecule has 0 heterocycles. The first kappa shape index (κ1) is 20.0. The van der Waals surface area contributed by atoms with Crippen LogP contribution < -0.4 is 15.8 Å². The second kappa shape index (κ2) is 9.87. The second-order valence-corrected chi connectivity index (χ2v) is 5.75. The van der Waals surface area contributed by atoms with Gasteiger partial charge < -0.3 is 15.8 Å². The zero-order chi connectivity index (χ0) is 15.1. The molecule has 0 radical (unpaired) electrons. The van der Waals surface area contributed by atoms with E-state index in [1.165, 1.54) is 0 Å². The van der Waals surface area contributed by atoms with Crippen LogP contribution in [-0.2, 0) is 4.79 Å². The van der Waals surface area contributed by atoms with Gasteiger partial charge in [0.25, 0.3) is 0 Å². The van der Waals surface area contributed by atoms with Crippen molar-refractivity contribution in [3.8, 4) is 5.75 Å². The van der Waals surface area contributed by atoms with Crippen LogP contribution in [0.3, 0.4) is 0 Å². The van der Waals surface area contributed by atoms with Crippen molar-refractivity contribution in [1.29, 1.82) is 0 Å². The molecule has 1 rings (SSSR count). The van der Waals surface area contributed by atoms with E-state index >= 15 is 0 Å². The summed E-state index contributed by atoms with van der Waals surface area (Å²) in [6, 6.07) is 6.78. The van der Waals surface area contributed by atoms with Gasteiger partial charge in [-0.2, -0.15) is 0 Å². The van der Waals surface area contributed by atoms with Crippen molar-refractivity contribution in [3.63, 3.8) is 0 Å². The molecular formula is C15H24Cl2N2O2. The van der Waals surface area contributed by atoms with Gasteiger partial charge in [-0.25, -0.2) is 0 Å². The fourth-order valence-corrected chi connectivity index (χ4v) is 1.97. The number of hydrogen-bond acceptors (Lipinski definition) is 3. The summed E-state index contributed by atoms with van der Waals surface area (Å²) in [5.41, 5.74) is 5.81. The van der Waals surface area contributed by atoms with Crippen molar-refractivity contribution in [1.82, 2.24) is 5.32 Å². The molecule has 0 spiro atoms. The third-order valence-corrected chi connectivity index (χ3v) is 3.10. The van der Waals surface area contributed by atoms with Gasteiger partial charge in [0.2, 0.25) is 5.91 Å². The van der Waals surface area contributed by atoms with Crippen LogP contribution in [0.15, 0.2) is 24.3 Å². The molecule has 1 aromatic carbocycles. The SMILES string of the molecule is CC(C)C[C@H](N)C(=O)NCC(C)Oc1ccccc1Cl.Cl. The fraction of sp³-hybridized carbons (Fsp3) is 0.533. The molecule has 0 aliphatic heterocycles. The van der Waals surface area contributed by atoms with Gasteiger partial charge in [0, 0.05) is 0 Å². The highest BCUT2D eigenvalue weighted by Crippen LogP contribution is 2.23. The molecule has 0 saturated heterocycles. The molecule has 0 aliphatic rings. The Bertz CT molecular complexity index is 441. The Morgan fingerprint density at radius 3 is 2.52 bits per heavy atom. The van der Waals surface area contributed by atoms with Crippen molar-refractivity contribution in [2.45, 2.75) is 39.3 Å². The normalized spacial score (nSPS) is 13.2. The number of carbonyl (C=O) groups excluding carboxylic acids is 1. The molecule has 2 atom stereocenters. The number of para-hydroxylation sites is 1. The van der Waals surface area contributed by atoms with Crippen LogP contribution in [0.2, 0.25) is 5.02 Å². The van der Waals surface area contributed by atoms with Crippen molar-refractivity contribution < 1.29 is 9.53 Å². The van der Waals surface area contributed by atoms with Crippen molar-refractivity contribution in [3.05, 3.63) is 29.3 Å². The molecule has 0 saturated carbocycles. The predicted molar refractivity (Wildman–Crippen MR) is 89.2 cm³/mol. The average Bonchev–Trinajstić information content (AvgIpc) is 2.38. The molecule has 1 aromatic rings. The predicted octanol–water partition coefficient (Wildman–Crippen LogP) is 3.02. The van der Waals surface area contributed by atoms with Crippen LogP contribution in [-0.4, -0.2) is 24.6 Å². The summed E-state index contributed by atoms with van der Waals surface area (Å²) in [4.78, 5) is 11.8. The monoisotopic (exact) mass is 334 g/mol. The first-order chi connectivity index (χ1) is 9.40.